The van der Waals surface area contributed by atoms with Gasteiger partial charge in [-0.05, 0) is 36.2 Å². The second kappa shape index (κ2) is 8.89. The number of anilines is 1. The van der Waals surface area contributed by atoms with E-state index in [9.17, 15) is 27.2 Å². The second-order valence-electron chi connectivity index (χ2n) is 8.61. The van der Waals surface area contributed by atoms with Gasteiger partial charge in [0.25, 0.3) is 5.56 Å². The van der Waals surface area contributed by atoms with Gasteiger partial charge >= 0.3 is 11.9 Å². The highest BCUT2D eigenvalue weighted by molar-refractivity contribution is 5.75. The van der Waals surface area contributed by atoms with E-state index < -0.39 is 41.4 Å². The molecule has 4 aromatic rings. The number of para-hydroxylation sites is 1. The molecular formula is C25H22F4N4O3. The third-order valence-corrected chi connectivity index (χ3v) is 6.55. The number of hydrogen-bond acceptors (Lipinski definition) is 4. The minimum absolute atomic E-state index is 0.0126. The number of benzene rings is 2. The molecule has 0 bridgehead atoms. The highest BCUT2D eigenvalue weighted by Crippen LogP contribution is 2.36. The zero-order valence-electron chi connectivity index (χ0n) is 19.2. The third-order valence-electron chi connectivity index (χ3n) is 6.55. The number of nitrogens with one attached hydrogen (secondary N) is 1. The number of hydrogen-bond donors (Lipinski definition) is 1. The topological polar surface area (TPSA) is 72.3 Å². The Morgan fingerprint density at radius 1 is 1.08 bits per heavy atom. The van der Waals surface area contributed by atoms with Gasteiger partial charge in [-0.2, -0.15) is 13.2 Å². The Balaban J connectivity index is 1.59. The van der Waals surface area contributed by atoms with E-state index in [0.717, 1.165) is 10.6 Å². The average Bonchev–Trinajstić information content (AvgIpc) is 3.41. The molecule has 3 heterocycles. The monoisotopic (exact) mass is 502 g/mol. The summed E-state index contributed by atoms with van der Waals surface area (Å²) in [6.45, 7) is 0.242. The zero-order valence-corrected chi connectivity index (χ0v) is 19.2. The van der Waals surface area contributed by atoms with Gasteiger partial charge in [0, 0.05) is 19.3 Å². The number of imidazole rings is 1. The Labute approximate surface area is 202 Å². The van der Waals surface area contributed by atoms with Crippen molar-refractivity contribution in [1.82, 2.24) is 14.1 Å². The summed E-state index contributed by atoms with van der Waals surface area (Å²) in [5, 5.41) is 0. The van der Waals surface area contributed by atoms with E-state index in [2.05, 4.69) is 4.98 Å². The van der Waals surface area contributed by atoms with Crippen molar-refractivity contribution in [2.45, 2.75) is 25.2 Å². The van der Waals surface area contributed by atoms with Crippen LogP contribution in [0.15, 0.2) is 64.3 Å². The van der Waals surface area contributed by atoms with Crippen molar-refractivity contribution in [1.29, 1.82) is 0 Å². The molecule has 1 fully saturated rings. The maximum atomic E-state index is 14.7. The summed E-state index contributed by atoms with van der Waals surface area (Å²) in [5.41, 5.74) is -1.62. The van der Waals surface area contributed by atoms with E-state index in [1.165, 1.54) is 48.2 Å². The molecule has 1 saturated heterocycles. The first-order valence-corrected chi connectivity index (χ1v) is 11.3. The molecule has 2 aromatic heterocycles. The van der Waals surface area contributed by atoms with Crippen molar-refractivity contribution >= 4 is 16.7 Å². The predicted octanol–water partition coefficient (Wildman–Crippen LogP) is 4.16. The first kappa shape index (κ1) is 23.7. The Kier molecular flexibility index (Phi) is 5.85. The van der Waals surface area contributed by atoms with Crippen LogP contribution in [0.25, 0.3) is 11.0 Å². The lowest BCUT2D eigenvalue weighted by Gasteiger charge is -2.22. The number of halogens is 4. The van der Waals surface area contributed by atoms with E-state index in [-0.39, 0.29) is 23.3 Å². The van der Waals surface area contributed by atoms with E-state index in [1.807, 2.05) is 0 Å². The maximum absolute atomic E-state index is 14.7. The van der Waals surface area contributed by atoms with Crippen LogP contribution in [-0.4, -0.2) is 34.3 Å². The highest BCUT2D eigenvalue weighted by atomic mass is 19.4. The van der Waals surface area contributed by atoms with Gasteiger partial charge in [-0.1, -0.05) is 24.3 Å². The standard InChI is InChI=1S/C25H22F4N4O3/c1-36-20-8-4-7-18(26)21(20)31-12-10-16(14-31)33-19-9-11-30-23(34)22(19)32(24(33)35)13-15-5-2-3-6-17(15)25(27,28)29/h2-9,11,16H,10,12-14H2,1H3,(H,30,34). The fourth-order valence-electron chi connectivity index (χ4n) is 4.97. The molecule has 1 N–H and O–H groups in total. The smallest absolute Gasteiger partial charge is 0.416 e. The second-order valence-corrected chi connectivity index (χ2v) is 8.61. The van der Waals surface area contributed by atoms with Crippen molar-refractivity contribution in [2.75, 3.05) is 25.1 Å². The summed E-state index contributed by atoms with van der Waals surface area (Å²) in [5.74, 6) is -0.115. The quantitative estimate of drug-likeness (QED) is 0.416. The Hall–Kier alpha value is -4.02. The largest absolute Gasteiger partial charge is 0.494 e. The average molecular weight is 502 g/mol. The van der Waals surface area contributed by atoms with Gasteiger partial charge in [-0.3, -0.25) is 13.9 Å². The minimum Gasteiger partial charge on any atom is -0.494 e. The van der Waals surface area contributed by atoms with Gasteiger partial charge in [-0.25, -0.2) is 9.18 Å². The zero-order chi connectivity index (χ0) is 25.6. The van der Waals surface area contributed by atoms with Crippen molar-refractivity contribution < 1.29 is 22.3 Å². The van der Waals surface area contributed by atoms with Crippen molar-refractivity contribution in [3.63, 3.8) is 0 Å². The van der Waals surface area contributed by atoms with Crippen molar-refractivity contribution in [3.05, 3.63) is 92.5 Å². The lowest BCUT2D eigenvalue weighted by molar-refractivity contribution is -0.138. The van der Waals surface area contributed by atoms with Crippen LogP contribution in [0, 0.1) is 5.82 Å². The minimum atomic E-state index is -4.62. The number of aromatic amines is 1. The van der Waals surface area contributed by atoms with Crippen LogP contribution in [0.5, 0.6) is 5.75 Å². The molecule has 1 unspecified atom stereocenters. The van der Waals surface area contributed by atoms with Crippen LogP contribution >= 0.6 is 0 Å². The highest BCUT2D eigenvalue weighted by Gasteiger charge is 2.34. The lowest BCUT2D eigenvalue weighted by Crippen LogP contribution is -2.30. The van der Waals surface area contributed by atoms with Crippen molar-refractivity contribution in [3.8, 4) is 5.75 Å². The van der Waals surface area contributed by atoms with Crippen molar-refractivity contribution in [2.24, 2.45) is 0 Å². The number of H-pyrrole nitrogens is 1. The predicted molar refractivity (Wildman–Crippen MR) is 126 cm³/mol. The van der Waals surface area contributed by atoms with Crippen LogP contribution < -0.4 is 20.9 Å². The van der Waals surface area contributed by atoms with Crippen LogP contribution in [0.4, 0.5) is 23.2 Å². The molecule has 5 rings (SSSR count). The molecule has 188 valence electrons. The maximum Gasteiger partial charge on any atom is 0.416 e. The number of aromatic nitrogens is 3. The molecule has 11 heteroatoms. The molecule has 0 radical (unpaired) electrons. The molecule has 0 saturated carbocycles. The number of pyridine rings is 1. The SMILES string of the molecule is COc1cccc(F)c1N1CCC(n2c(=O)n(Cc3ccccc3C(F)(F)F)c3c(=O)[nH]ccc32)C1. The Bertz CT molecular complexity index is 1550. The molecule has 7 nitrogen and oxygen atoms in total. The molecule has 1 atom stereocenters. The molecule has 0 aliphatic carbocycles. The summed E-state index contributed by atoms with van der Waals surface area (Å²) in [4.78, 5) is 30.6. The first-order chi connectivity index (χ1) is 17.2. The fourth-order valence-corrected chi connectivity index (χ4v) is 4.97. The fraction of sp³-hybridized carbons (Fsp3) is 0.280. The van der Waals surface area contributed by atoms with E-state index in [0.29, 0.717) is 24.2 Å². The van der Waals surface area contributed by atoms with Crippen LogP contribution in [0.1, 0.15) is 23.6 Å². The Morgan fingerprint density at radius 2 is 1.86 bits per heavy atom. The molecule has 2 aromatic carbocycles. The van der Waals surface area contributed by atoms with Gasteiger partial charge in [-0.15, -0.1) is 0 Å². The Morgan fingerprint density at radius 3 is 2.61 bits per heavy atom. The van der Waals surface area contributed by atoms with Gasteiger partial charge in [0.2, 0.25) is 0 Å². The normalized spacial score (nSPS) is 16.1. The number of rotatable bonds is 5. The first-order valence-electron chi connectivity index (χ1n) is 11.3. The summed E-state index contributed by atoms with van der Waals surface area (Å²) in [6.07, 6.45) is -2.76. The summed E-state index contributed by atoms with van der Waals surface area (Å²) in [6, 6.07) is 10.6. The van der Waals surface area contributed by atoms with Crippen LogP contribution in [-0.2, 0) is 12.7 Å². The van der Waals surface area contributed by atoms with Gasteiger partial charge in [0.1, 0.15) is 22.8 Å². The molecule has 0 amide bonds. The van der Waals surface area contributed by atoms with E-state index in [4.69, 9.17) is 4.74 Å². The molecular weight excluding hydrogens is 480 g/mol. The summed E-state index contributed by atoms with van der Waals surface area (Å²) in [7, 11) is 1.44. The third kappa shape index (κ3) is 3.94. The van der Waals surface area contributed by atoms with Crippen LogP contribution in [0.2, 0.25) is 0 Å². The molecule has 1 aliphatic heterocycles. The number of fused-ring (bicyclic) bond motifs is 1. The summed E-state index contributed by atoms with van der Waals surface area (Å²) >= 11 is 0. The van der Waals surface area contributed by atoms with E-state index >= 15 is 0 Å². The molecule has 36 heavy (non-hydrogen) atoms. The number of ether oxygens (including phenoxy) is 1. The molecule has 1 aliphatic rings. The number of nitrogens with zero attached hydrogens (tertiary/aromatic N) is 3. The number of methoxy groups -OCH3 is 1. The van der Waals surface area contributed by atoms with Gasteiger partial charge in [0.15, 0.2) is 0 Å². The van der Waals surface area contributed by atoms with Gasteiger partial charge in [0.05, 0.1) is 30.8 Å². The van der Waals surface area contributed by atoms with Gasteiger partial charge < -0.3 is 14.6 Å². The number of alkyl halides is 3. The molecule has 0 spiro atoms. The lowest BCUT2D eigenvalue weighted by atomic mass is 10.1. The van der Waals surface area contributed by atoms with E-state index in [1.54, 1.807) is 17.0 Å². The van der Waals surface area contributed by atoms with Crippen LogP contribution in [0.3, 0.4) is 0 Å². The summed E-state index contributed by atoms with van der Waals surface area (Å²) < 4.78 is 63.2.